The number of amides is 1. The van der Waals surface area contributed by atoms with Crippen molar-refractivity contribution in [3.05, 3.63) is 11.1 Å². The second-order valence-corrected chi connectivity index (χ2v) is 4.01. The van der Waals surface area contributed by atoms with Gasteiger partial charge in [0.25, 0.3) is 0 Å². The second kappa shape index (κ2) is 3.23. The van der Waals surface area contributed by atoms with E-state index in [9.17, 15) is 4.79 Å². The third-order valence-corrected chi connectivity index (χ3v) is 2.35. The van der Waals surface area contributed by atoms with Gasteiger partial charge in [-0.2, -0.15) is 0 Å². The molecule has 0 aromatic rings. The Morgan fingerprint density at radius 2 is 2.55 bits per heavy atom. The van der Waals surface area contributed by atoms with Gasteiger partial charge in [-0.3, -0.25) is 4.79 Å². The van der Waals surface area contributed by atoms with Gasteiger partial charge in [0.05, 0.1) is 15.3 Å². The number of carbonyl (C=O) groups is 1. The molecule has 3 N–H and O–H groups in total. The Bertz CT molecular complexity index is 237. The molecule has 1 amide bonds. The monoisotopic (exact) mass is 188 g/mol. The summed E-state index contributed by atoms with van der Waals surface area (Å²) < 4.78 is 0. The zero-order chi connectivity index (χ0) is 8.43. The smallest absolute Gasteiger partial charge is 0.238 e. The summed E-state index contributed by atoms with van der Waals surface area (Å²) in [5.74, 6) is 0.0116. The van der Waals surface area contributed by atoms with Crippen LogP contribution in [0, 0.1) is 0 Å². The highest BCUT2D eigenvalue weighted by atomic mass is 32.2. The number of hydrogen-bond acceptors (Lipinski definition) is 3. The topological polar surface area (TPSA) is 55.1 Å². The van der Waals surface area contributed by atoms with Crippen LogP contribution in [0.15, 0.2) is 11.1 Å². The third kappa shape index (κ3) is 2.20. The minimum atomic E-state index is -0.0319. The summed E-state index contributed by atoms with van der Waals surface area (Å²) in [6.07, 6.45) is 1.58. The van der Waals surface area contributed by atoms with Gasteiger partial charge in [0, 0.05) is 6.08 Å². The van der Waals surface area contributed by atoms with Crippen molar-refractivity contribution in [2.24, 2.45) is 5.73 Å². The number of carbonyl (C=O) groups excluding carboxylic acids is 1. The molecule has 0 spiro atoms. The number of thiocarbonyl (C=S) groups is 1. The molecule has 11 heavy (non-hydrogen) atoms. The number of nitrogens with one attached hydrogen (secondary N) is 1. The predicted octanol–water partition coefficient (Wildman–Crippen LogP) is 0.365. The molecule has 1 fully saturated rings. The van der Waals surface area contributed by atoms with Gasteiger partial charge in [-0.25, -0.2) is 0 Å². The van der Waals surface area contributed by atoms with E-state index in [4.69, 9.17) is 5.73 Å². The fourth-order valence-corrected chi connectivity index (χ4v) is 1.79. The maximum atomic E-state index is 10.9. The van der Waals surface area contributed by atoms with E-state index in [-0.39, 0.29) is 11.2 Å². The van der Waals surface area contributed by atoms with Crippen molar-refractivity contribution in [1.82, 2.24) is 5.32 Å². The van der Waals surface area contributed by atoms with Crippen LogP contribution in [-0.2, 0) is 4.79 Å². The van der Waals surface area contributed by atoms with Crippen molar-refractivity contribution in [2.75, 3.05) is 0 Å². The fraction of sp³-hybridized carbons (Fsp3) is 0.333. The van der Waals surface area contributed by atoms with Crippen LogP contribution in [0.25, 0.3) is 0 Å². The van der Waals surface area contributed by atoms with Gasteiger partial charge in [0.2, 0.25) is 5.91 Å². The van der Waals surface area contributed by atoms with Crippen molar-refractivity contribution in [3.8, 4) is 0 Å². The van der Waals surface area contributed by atoms with Crippen LogP contribution < -0.4 is 11.1 Å². The number of thioether (sulfide) groups is 1. The zero-order valence-corrected chi connectivity index (χ0v) is 7.59. The first-order valence-electron chi connectivity index (χ1n) is 3.08. The molecule has 0 saturated carbocycles. The largest absolute Gasteiger partial charge is 0.390 e. The average Bonchev–Trinajstić information content (AvgIpc) is 2.10. The van der Waals surface area contributed by atoms with E-state index in [1.807, 2.05) is 6.92 Å². The third-order valence-electron chi connectivity index (χ3n) is 1.19. The van der Waals surface area contributed by atoms with Gasteiger partial charge in [0.15, 0.2) is 0 Å². The number of rotatable bonds is 1. The Morgan fingerprint density at radius 1 is 1.91 bits per heavy atom. The summed E-state index contributed by atoms with van der Waals surface area (Å²) >= 11 is 6.08. The molecule has 1 atom stereocenters. The summed E-state index contributed by atoms with van der Waals surface area (Å²) in [7, 11) is 0. The molecule has 60 valence electrons. The highest BCUT2D eigenvalue weighted by Gasteiger charge is 2.23. The fourth-order valence-electron chi connectivity index (χ4n) is 0.696. The normalized spacial score (nSPS) is 27.2. The van der Waals surface area contributed by atoms with E-state index in [0.29, 0.717) is 4.99 Å². The van der Waals surface area contributed by atoms with E-state index >= 15 is 0 Å². The minimum absolute atomic E-state index is 0.0116. The summed E-state index contributed by atoms with van der Waals surface area (Å²) in [6.45, 7) is 1.83. The first kappa shape index (κ1) is 8.55. The van der Waals surface area contributed by atoms with Gasteiger partial charge >= 0.3 is 0 Å². The van der Waals surface area contributed by atoms with Crippen molar-refractivity contribution in [1.29, 1.82) is 0 Å². The Labute approximate surface area is 74.4 Å². The van der Waals surface area contributed by atoms with Gasteiger partial charge < -0.3 is 11.1 Å². The summed E-state index contributed by atoms with van der Waals surface area (Å²) in [6, 6.07) is 0. The lowest BCUT2D eigenvalue weighted by Crippen LogP contribution is -2.20. The van der Waals surface area contributed by atoms with Crippen molar-refractivity contribution >= 4 is 34.9 Å². The molecule has 5 heteroatoms. The SMILES string of the molecule is C[C@@H]1S/C(=C\C(N)=S)NC1=O. The molecule has 3 nitrogen and oxygen atoms in total. The average molecular weight is 188 g/mol. The Morgan fingerprint density at radius 3 is 2.91 bits per heavy atom. The second-order valence-electron chi connectivity index (χ2n) is 2.16. The molecule has 1 saturated heterocycles. The van der Waals surface area contributed by atoms with Crippen LogP contribution in [-0.4, -0.2) is 16.1 Å². The predicted molar refractivity (Wildman–Crippen MR) is 50.1 cm³/mol. The first-order chi connectivity index (χ1) is 5.09. The summed E-state index contributed by atoms with van der Waals surface area (Å²) in [5, 5.41) is 3.37. The molecule has 0 bridgehead atoms. The highest BCUT2D eigenvalue weighted by Crippen LogP contribution is 2.25. The van der Waals surface area contributed by atoms with E-state index in [1.54, 1.807) is 6.08 Å². The quantitative estimate of drug-likeness (QED) is 0.461. The molecule has 0 aromatic heterocycles. The van der Waals surface area contributed by atoms with Crippen LogP contribution in [0.1, 0.15) is 6.92 Å². The summed E-state index contributed by atoms with van der Waals surface area (Å²) in [4.78, 5) is 11.2. The molecule has 1 aliphatic heterocycles. The molecule has 1 aliphatic rings. The Balaban J connectivity index is 2.67. The van der Waals surface area contributed by atoms with E-state index in [1.165, 1.54) is 11.8 Å². The van der Waals surface area contributed by atoms with Gasteiger partial charge in [-0.15, -0.1) is 0 Å². The van der Waals surface area contributed by atoms with E-state index in [2.05, 4.69) is 17.5 Å². The Hall–Kier alpha value is -0.550. The molecule has 1 rings (SSSR count). The first-order valence-corrected chi connectivity index (χ1v) is 4.37. The van der Waals surface area contributed by atoms with Crippen LogP contribution in [0.2, 0.25) is 0 Å². The maximum absolute atomic E-state index is 10.9. The molecular weight excluding hydrogens is 180 g/mol. The van der Waals surface area contributed by atoms with Gasteiger partial charge in [-0.05, 0) is 6.92 Å². The van der Waals surface area contributed by atoms with Crippen LogP contribution in [0.5, 0.6) is 0 Å². The summed E-state index contributed by atoms with van der Waals surface area (Å²) in [5.41, 5.74) is 5.25. The van der Waals surface area contributed by atoms with E-state index in [0.717, 1.165) is 5.03 Å². The molecule has 1 heterocycles. The highest BCUT2D eigenvalue weighted by molar-refractivity contribution is 8.04. The van der Waals surface area contributed by atoms with Crippen molar-refractivity contribution in [3.63, 3.8) is 0 Å². The lowest BCUT2D eigenvalue weighted by Gasteiger charge is -1.92. The van der Waals surface area contributed by atoms with Gasteiger partial charge in [0.1, 0.15) is 0 Å². The lowest BCUT2D eigenvalue weighted by atomic mass is 10.4. The molecular formula is C6H8N2OS2. The van der Waals surface area contributed by atoms with Crippen molar-refractivity contribution in [2.45, 2.75) is 12.2 Å². The lowest BCUT2D eigenvalue weighted by molar-refractivity contribution is -0.118. The standard InChI is InChI=1S/C6H8N2OS2/c1-3-6(9)8-5(11-3)2-4(7)10/h2-3H,1H3,(H2,7,10)(H,8,9)/b5-2-/t3-/m0/s1. The van der Waals surface area contributed by atoms with Crippen LogP contribution in [0.3, 0.4) is 0 Å². The van der Waals surface area contributed by atoms with E-state index < -0.39 is 0 Å². The zero-order valence-electron chi connectivity index (χ0n) is 5.96. The number of nitrogens with two attached hydrogens (primary N) is 1. The number of hydrogen-bond donors (Lipinski definition) is 2. The maximum Gasteiger partial charge on any atom is 0.238 e. The Kier molecular flexibility index (Phi) is 2.51. The van der Waals surface area contributed by atoms with Crippen LogP contribution >= 0.6 is 24.0 Å². The van der Waals surface area contributed by atoms with Gasteiger partial charge in [-0.1, -0.05) is 24.0 Å². The molecule has 0 aromatic carbocycles. The van der Waals surface area contributed by atoms with Crippen molar-refractivity contribution < 1.29 is 4.79 Å². The minimum Gasteiger partial charge on any atom is -0.390 e. The van der Waals surface area contributed by atoms with Crippen LogP contribution in [0.4, 0.5) is 0 Å². The molecule has 0 radical (unpaired) electrons. The molecule has 0 aliphatic carbocycles. The molecule has 0 unspecified atom stereocenters.